The summed E-state index contributed by atoms with van der Waals surface area (Å²) in [5, 5.41) is 24.9. The van der Waals surface area contributed by atoms with Crippen LogP contribution in [0.3, 0.4) is 0 Å². The zero-order chi connectivity index (χ0) is 15.1. The van der Waals surface area contributed by atoms with E-state index in [-0.39, 0.29) is 12.6 Å². The van der Waals surface area contributed by atoms with E-state index in [1.807, 2.05) is 42.5 Å². The summed E-state index contributed by atoms with van der Waals surface area (Å²) in [6.45, 7) is 2.17. The molecule has 0 radical (unpaired) electrons. The molecule has 0 bridgehead atoms. The number of nitrogens with one attached hydrogen (secondary N) is 2. The van der Waals surface area contributed by atoms with E-state index in [4.69, 9.17) is 5.11 Å². The molecule has 0 saturated carbocycles. The molecule has 0 saturated heterocycles. The van der Waals surface area contributed by atoms with Crippen molar-refractivity contribution in [2.45, 2.75) is 19.1 Å². The fraction of sp³-hybridized carbons (Fsp3) is 0.294. The van der Waals surface area contributed by atoms with E-state index >= 15 is 0 Å². The molecular formula is C17H22N2O2. The number of hydrogen-bond acceptors (Lipinski definition) is 4. The van der Waals surface area contributed by atoms with Crippen LogP contribution in [0.15, 0.2) is 54.6 Å². The highest BCUT2D eigenvalue weighted by Crippen LogP contribution is 2.26. The predicted octanol–water partition coefficient (Wildman–Crippen LogP) is 2.62. The number of rotatable bonds is 7. The standard InChI is InChI=1S/C17H22N2O2/c1-13(14-7-3-2-4-8-14)19-17-10-6-5-9-16(17)18-11-15(21)12-20/h2-10,13,15,18-21H,11-12H2,1H3. The summed E-state index contributed by atoms with van der Waals surface area (Å²) in [4.78, 5) is 0. The Labute approximate surface area is 125 Å². The summed E-state index contributed by atoms with van der Waals surface area (Å²) in [5.41, 5.74) is 3.09. The molecule has 4 N–H and O–H groups in total. The third kappa shape index (κ3) is 4.48. The molecule has 0 spiro atoms. The molecule has 0 aliphatic rings. The molecule has 2 atom stereocenters. The first-order chi connectivity index (χ1) is 10.2. The van der Waals surface area contributed by atoms with Crippen molar-refractivity contribution in [1.29, 1.82) is 0 Å². The smallest absolute Gasteiger partial charge is 0.0942 e. The van der Waals surface area contributed by atoms with E-state index < -0.39 is 6.10 Å². The van der Waals surface area contributed by atoms with Crippen LogP contribution in [0, 0.1) is 0 Å². The Hall–Kier alpha value is -2.04. The summed E-state index contributed by atoms with van der Waals surface area (Å²) in [6, 6.07) is 18.2. The van der Waals surface area contributed by atoms with Crippen molar-refractivity contribution >= 4 is 11.4 Å². The molecule has 0 aromatic heterocycles. The van der Waals surface area contributed by atoms with E-state index in [0.29, 0.717) is 6.54 Å². The van der Waals surface area contributed by atoms with Crippen LogP contribution in [-0.2, 0) is 0 Å². The Balaban J connectivity index is 2.06. The minimum absolute atomic E-state index is 0.178. The van der Waals surface area contributed by atoms with Crippen molar-refractivity contribution in [3.8, 4) is 0 Å². The van der Waals surface area contributed by atoms with Gasteiger partial charge in [0.25, 0.3) is 0 Å². The van der Waals surface area contributed by atoms with Crippen molar-refractivity contribution in [2.75, 3.05) is 23.8 Å². The second-order valence-electron chi connectivity index (χ2n) is 5.04. The molecule has 4 nitrogen and oxygen atoms in total. The van der Waals surface area contributed by atoms with Crippen LogP contribution in [0.25, 0.3) is 0 Å². The molecule has 112 valence electrons. The Morgan fingerprint density at radius 2 is 1.57 bits per heavy atom. The zero-order valence-corrected chi connectivity index (χ0v) is 12.2. The maximum absolute atomic E-state index is 9.44. The largest absolute Gasteiger partial charge is 0.394 e. The molecule has 0 aliphatic carbocycles. The summed E-state index contributed by atoms with van der Waals surface area (Å²) < 4.78 is 0. The minimum atomic E-state index is -0.760. The Kier molecular flexibility index (Phi) is 5.60. The second kappa shape index (κ2) is 7.67. The van der Waals surface area contributed by atoms with Crippen LogP contribution >= 0.6 is 0 Å². The van der Waals surface area contributed by atoms with Gasteiger partial charge in [0.2, 0.25) is 0 Å². The van der Waals surface area contributed by atoms with Crippen molar-refractivity contribution in [1.82, 2.24) is 0 Å². The number of anilines is 2. The molecule has 2 aromatic rings. The summed E-state index contributed by atoms with van der Waals surface area (Å²) in [6.07, 6.45) is -0.760. The van der Waals surface area contributed by atoms with Gasteiger partial charge in [-0.3, -0.25) is 0 Å². The SMILES string of the molecule is CC(Nc1ccccc1NCC(O)CO)c1ccccc1. The van der Waals surface area contributed by atoms with Crippen molar-refractivity contribution in [2.24, 2.45) is 0 Å². The first kappa shape index (κ1) is 15.4. The maximum Gasteiger partial charge on any atom is 0.0942 e. The van der Waals surface area contributed by atoms with Gasteiger partial charge in [0.05, 0.1) is 24.1 Å². The van der Waals surface area contributed by atoms with Crippen LogP contribution in [0.1, 0.15) is 18.5 Å². The van der Waals surface area contributed by atoms with Gasteiger partial charge in [0.15, 0.2) is 0 Å². The van der Waals surface area contributed by atoms with E-state index in [2.05, 4.69) is 29.7 Å². The van der Waals surface area contributed by atoms with E-state index in [1.165, 1.54) is 5.56 Å². The highest BCUT2D eigenvalue weighted by Gasteiger charge is 2.08. The predicted molar refractivity (Wildman–Crippen MR) is 86.5 cm³/mol. The first-order valence-corrected chi connectivity index (χ1v) is 7.14. The lowest BCUT2D eigenvalue weighted by Gasteiger charge is -2.20. The summed E-state index contributed by atoms with van der Waals surface area (Å²) in [5.74, 6) is 0. The van der Waals surface area contributed by atoms with Crippen LogP contribution < -0.4 is 10.6 Å². The van der Waals surface area contributed by atoms with Gasteiger partial charge in [0.1, 0.15) is 0 Å². The van der Waals surface area contributed by atoms with Gasteiger partial charge in [-0.25, -0.2) is 0 Å². The van der Waals surface area contributed by atoms with E-state index in [1.54, 1.807) is 0 Å². The highest BCUT2D eigenvalue weighted by molar-refractivity contribution is 5.69. The van der Waals surface area contributed by atoms with Gasteiger partial charge in [0, 0.05) is 12.6 Å². The lowest BCUT2D eigenvalue weighted by Crippen LogP contribution is -2.23. The average Bonchev–Trinajstić information content (AvgIpc) is 2.54. The molecule has 0 amide bonds. The fourth-order valence-corrected chi connectivity index (χ4v) is 2.11. The molecule has 0 fully saturated rings. The van der Waals surface area contributed by atoms with Gasteiger partial charge in [-0.15, -0.1) is 0 Å². The number of aliphatic hydroxyl groups is 2. The Bertz CT molecular complexity index is 545. The van der Waals surface area contributed by atoms with Gasteiger partial charge in [-0.05, 0) is 24.6 Å². The van der Waals surface area contributed by atoms with Crippen LogP contribution in [-0.4, -0.2) is 29.5 Å². The number of para-hydroxylation sites is 2. The molecule has 0 heterocycles. The molecular weight excluding hydrogens is 264 g/mol. The highest BCUT2D eigenvalue weighted by atomic mass is 16.3. The zero-order valence-electron chi connectivity index (χ0n) is 12.2. The molecule has 0 aliphatic heterocycles. The lowest BCUT2D eigenvalue weighted by molar-refractivity contribution is 0.105. The Morgan fingerprint density at radius 3 is 2.24 bits per heavy atom. The van der Waals surface area contributed by atoms with Crippen LogP contribution in [0.5, 0.6) is 0 Å². The van der Waals surface area contributed by atoms with Crippen molar-refractivity contribution in [3.63, 3.8) is 0 Å². The van der Waals surface area contributed by atoms with Crippen molar-refractivity contribution < 1.29 is 10.2 Å². The quantitative estimate of drug-likeness (QED) is 0.632. The molecule has 21 heavy (non-hydrogen) atoms. The van der Waals surface area contributed by atoms with E-state index in [9.17, 15) is 5.11 Å². The number of aliphatic hydroxyl groups excluding tert-OH is 2. The number of hydrogen-bond donors (Lipinski definition) is 4. The topological polar surface area (TPSA) is 64.5 Å². The van der Waals surface area contributed by atoms with Crippen LogP contribution in [0.2, 0.25) is 0 Å². The molecule has 2 unspecified atom stereocenters. The number of benzene rings is 2. The Morgan fingerprint density at radius 1 is 0.952 bits per heavy atom. The first-order valence-electron chi connectivity index (χ1n) is 7.14. The lowest BCUT2D eigenvalue weighted by atomic mass is 10.1. The normalized spacial score (nSPS) is 13.5. The van der Waals surface area contributed by atoms with Crippen molar-refractivity contribution in [3.05, 3.63) is 60.2 Å². The third-order valence-electron chi connectivity index (χ3n) is 3.34. The van der Waals surface area contributed by atoms with Gasteiger partial charge >= 0.3 is 0 Å². The molecule has 2 rings (SSSR count). The van der Waals surface area contributed by atoms with Crippen LogP contribution in [0.4, 0.5) is 11.4 Å². The fourth-order valence-electron chi connectivity index (χ4n) is 2.11. The second-order valence-corrected chi connectivity index (χ2v) is 5.04. The maximum atomic E-state index is 9.44. The molecule has 4 heteroatoms. The van der Waals surface area contributed by atoms with Gasteiger partial charge in [-0.1, -0.05) is 42.5 Å². The summed E-state index contributed by atoms with van der Waals surface area (Å²) >= 11 is 0. The van der Waals surface area contributed by atoms with Gasteiger partial charge in [-0.2, -0.15) is 0 Å². The minimum Gasteiger partial charge on any atom is -0.394 e. The monoisotopic (exact) mass is 286 g/mol. The molecule has 2 aromatic carbocycles. The third-order valence-corrected chi connectivity index (χ3v) is 3.34. The van der Waals surface area contributed by atoms with E-state index in [0.717, 1.165) is 11.4 Å². The summed E-state index contributed by atoms with van der Waals surface area (Å²) in [7, 11) is 0. The average molecular weight is 286 g/mol. The van der Waals surface area contributed by atoms with Gasteiger partial charge < -0.3 is 20.8 Å².